The maximum atomic E-state index is 12.8. The van der Waals surface area contributed by atoms with Crippen molar-refractivity contribution in [1.29, 1.82) is 5.26 Å². The van der Waals surface area contributed by atoms with Crippen molar-refractivity contribution < 1.29 is 17.9 Å². The van der Waals surface area contributed by atoms with E-state index < -0.39 is 9.84 Å². The Morgan fingerprint density at radius 3 is 2.32 bits per heavy atom. The minimum absolute atomic E-state index is 0.0702. The number of allylic oxidation sites excluding steroid dienone is 1. The van der Waals surface area contributed by atoms with Crippen molar-refractivity contribution in [1.82, 2.24) is 0 Å². The first kappa shape index (κ1) is 22.4. The minimum Gasteiger partial charge on any atom is -0.493 e. The first-order chi connectivity index (χ1) is 14.8. The lowest BCUT2D eigenvalue weighted by Crippen LogP contribution is -2.03. The first-order valence-electron chi connectivity index (χ1n) is 9.32. The Morgan fingerprint density at radius 1 is 1.03 bits per heavy atom. The van der Waals surface area contributed by atoms with Gasteiger partial charge in [0.25, 0.3) is 0 Å². The van der Waals surface area contributed by atoms with Crippen LogP contribution >= 0.6 is 11.6 Å². The number of hydrogen-bond acceptors (Lipinski definition) is 5. The fraction of sp³-hybridized carbons (Fsp3) is 0.125. The van der Waals surface area contributed by atoms with Crippen LogP contribution in [-0.2, 0) is 16.4 Å². The van der Waals surface area contributed by atoms with Crippen LogP contribution in [-0.4, -0.2) is 15.5 Å². The summed E-state index contributed by atoms with van der Waals surface area (Å²) in [5.74, 6) is 0.919. The standard InChI is InChI=1S/C24H20ClNO4S/c1-17-3-10-21(11-4-17)31(27,28)22(15-26)13-19-7-12-23(24(14-19)29-2)30-16-18-5-8-20(25)9-6-18/h3-14H,16H2,1-2H3. The molecule has 0 amide bonds. The van der Waals surface area contributed by atoms with E-state index in [-0.39, 0.29) is 9.80 Å². The summed E-state index contributed by atoms with van der Waals surface area (Å²) < 4.78 is 36.9. The second kappa shape index (κ2) is 9.69. The molecule has 0 atom stereocenters. The predicted molar refractivity (Wildman–Crippen MR) is 121 cm³/mol. The molecular weight excluding hydrogens is 434 g/mol. The summed E-state index contributed by atoms with van der Waals surface area (Å²) in [6, 6.07) is 20.4. The van der Waals surface area contributed by atoms with Crippen LogP contribution in [0, 0.1) is 18.3 Å². The zero-order valence-corrected chi connectivity index (χ0v) is 18.6. The van der Waals surface area contributed by atoms with E-state index in [0.717, 1.165) is 11.1 Å². The van der Waals surface area contributed by atoms with Gasteiger partial charge in [-0.3, -0.25) is 0 Å². The number of nitriles is 1. The Labute approximate surface area is 187 Å². The molecule has 3 rings (SSSR count). The molecule has 0 aliphatic rings. The van der Waals surface area contributed by atoms with Crippen molar-refractivity contribution >= 4 is 27.5 Å². The first-order valence-corrected chi connectivity index (χ1v) is 11.2. The summed E-state index contributed by atoms with van der Waals surface area (Å²) in [5.41, 5.74) is 2.37. The van der Waals surface area contributed by atoms with Crippen molar-refractivity contribution in [3.8, 4) is 17.6 Å². The van der Waals surface area contributed by atoms with Crippen molar-refractivity contribution in [2.24, 2.45) is 0 Å². The van der Waals surface area contributed by atoms with Crippen LogP contribution in [0.4, 0.5) is 0 Å². The number of ether oxygens (including phenoxy) is 2. The van der Waals surface area contributed by atoms with Gasteiger partial charge in [-0.2, -0.15) is 5.26 Å². The van der Waals surface area contributed by atoms with Crippen LogP contribution in [0.3, 0.4) is 0 Å². The molecule has 31 heavy (non-hydrogen) atoms. The van der Waals surface area contributed by atoms with Crippen molar-refractivity contribution in [2.45, 2.75) is 18.4 Å². The molecule has 0 aliphatic carbocycles. The molecule has 3 aromatic rings. The number of hydrogen-bond donors (Lipinski definition) is 0. The maximum absolute atomic E-state index is 12.8. The largest absolute Gasteiger partial charge is 0.493 e. The van der Waals surface area contributed by atoms with Gasteiger partial charge in [0.2, 0.25) is 9.84 Å². The van der Waals surface area contributed by atoms with Gasteiger partial charge in [0.1, 0.15) is 17.6 Å². The Bertz CT molecular complexity index is 1240. The van der Waals surface area contributed by atoms with Crippen LogP contribution in [0.1, 0.15) is 16.7 Å². The van der Waals surface area contributed by atoms with E-state index in [1.54, 1.807) is 48.5 Å². The highest BCUT2D eigenvalue weighted by atomic mass is 35.5. The molecule has 0 fully saturated rings. The molecule has 0 saturated carbocycles. The van der Waals surface area contributed by atoms with Crippen LogP contribution < -0.4 is 9.47 Å². The van der Waals surface area contributed by atoms with E-state index in [1.165, 1.54) is 25.3 Å². The topological polar surface area (TPSA) is 76.4 Å². The number of benzene rings is 3. The zero-order valence-electron chi connectivity index (χ0n) is 17.0. The highest BCUT2D eigenvalue weighted by molar-refractivity contribution is 7.95. The molecule has 0 saturated heterocycles. The molecule has 5 nitrogen and oxygen atoms in total. The van der Waals surface area contributed by atoms with E-state index in [1.807, 2.05) is 19.1 Å². The molecule has 0 heterocycles. The Kier molecular flexibility index (Phi) is 7.01. The van der Waals surface area contributed by atoms with Gasteiger partial charge in [-0.05, 0) is 60.5 Å². The smallest absolute Gasteiger partial charge is 0.216 e. The van der Waals surface area contributed by atoms with Gasteiger partial charge < -0.3 is 9.47 Å². The summed E-state index contributed by atoms with van der Waals surface area (Å²) in [4.78, 5) is -0.283. The van der Waals surface area contributed by atoms with E-state index in [0.29, 0.717) is 28.7 Å². The van der Waals surface area contributed by atoms with Gasteiger partial charge in [-0.25, -0.2) is 8.42 Å². The molecule has 158 valence electrons. The number of halogens is 1. The lowest BCUT2D eigenvalue weighted by atomic mass is 10.2. The lowest BCUT2D eigenvalue weighted by molar-refractivity contribution is 0.284. The fourth-order valence-corrected chi connectivity index (χ4v) is 4.09. The third-order valence-electron chi connectivity index (χ3n) is 4.52. The maximum Gasteiger partial charge on any atom is 0.216 e. The molecule has 0 aromatic heterocycles. The molecule has 0 unspecified atom stereocenters. The SMILES string of the molecule is COc1cc(C=C(C#N)S(=O)(=O)c2ccc(C)cc2)ccc1OCc1ccc(Cl)cc1. The van der Waals surface area contributed by atoms with Crippen LogP contribution in [0.15, 0.2) is 76.5 Å². The summed E-state index contributed by atoms with van der Waals surface area (Å²) in [6.07, 6.45) is 1.32. The molecular formula is C24H20ClNO4S. The van der Waals surface area contributed by atoms with E-state index in [2.05, 4.69) is 0 Å². The Hall–Kier alpha value is -3.27. The number of methoxy groups -OCH3 is 1. The summed E-state index contributed by atoms with van der Waals surface area (Å²) in [7, 11) is -2.44. The van der Waals surface area contributed by atoms with E-state index in [9.17, 15) is 13.7 Å². The summed E-state index contributed by atoms with van der Waals surface area (Å²) in [6.45, 7) is 2.17. The van der Waals surface area contributed by atoms with Gasteiger partial charge in [0.15, 0.2) is 11.5 Å². The molecule has 0 spiro atoms. The third-order valence-corrected chi connectivity index (χ3v) is 6.46. The summed E-state index contributed by atoms with van der Waals surface area (Å²) >= 11 is 5.89. The predicted octanol–water partition coefficient (Wildman–Crippen LogP) is 5.57. The Balaban J connectivity index is 1.86. The van der Waals surface area contributed by atoms with Crippen molar-refractivity contribution in [2.75, 3.05) is 7.11 Å². The second-order valence-electron chi connectivity index (χ2n) is 6.76. The van der Waals surface area contributed by atoms with Crippen LogP contribution in [0.2, 0.25) is 5.02 Å². The van der Waals surface area contributed by atoms with Gasteiger partial charge in [-0.15, -0.1) is 0 Å². The van der Waals surface area contributed by atoms with E-state index >= 15 is 0 Å². The monoisotopic (exact) mass is 453 g/mol. The van der Waals surface area contributed by atoms with Crippen LogP contribution in [0.5, 0.6) is 11.5 Å². The van der Waals surface area contributed by atoms with Crippen molar-refractivity contribution in [3.05, 3.63) is 93.3 Å². The zero-order chi connectivity index (χ0) is 22.4. The number of aryl methyl sites for hydroxylation is 1. The quantitative estimate of drug-likeness (QED) is 0.437. The molecule has 0 aliphatic heterocycles. The number of sulfone groups is 1. The van der Waals surface area contributed by atoms with Gasteiger partial charge in [0, 0.05) is 5.02 Å². The molecule has 0 bridgehead atoms. The molecule has 3 aromatic carbocycles. The lowest BCUT2D eigenvalue weighted by Gasteiger charge is -2.12. The highest BCUT2D eigenvalue weighted by Gasteiger charge is 2.21. The number of rotatable bonds is 7. The van der Waals surface area contributed by atoms with Gasteiger partial charge >= 0.3 is 0 Å². The average Bonchev–Trinajstić information content (AvgIpc) is 2.77. The molecule has 7 heteroatoms. The van der Waals surface area contributed by atoms with Crippen LogP contribution in [0.25, 0.3) is 6.08 Å². The second-order valence-corrected chi connectivity index (χ2v) is 9.12. The molecule has 0 radical (unpaired) electrons. The third kappa shape index (κ3) is 5.46. The fourth-order valence-electron chi connectivity index (χ4n) is 2.80. The van der Waals surface area contributed by atoms with Gasteiger partial charge in [0.05, 0.1) is 12.0 Å². The number of nitrogens with zero attached hydrogens (tertiary/aromatic N) is 1. The van der Waals surface area contributed by atoms with E-state index in [4.69, 9.17) is 21.1 Å². The highest BCUT2D eigenvalue weighted by Crippen LogP contribution is 2.31. The summed E-state index contributed by atoms with van der Waals surface area (Å²) in [5, 5.41) is 10.1. The normalized spacial score (nSPS) is 11.6. The van der Waals surface area contributed by atoms with Gasteiger partial charge in [-0.1, -0.05) is 47.5 Å². The van der Waals surface area contributed by atoms with Crippen molar-refractivity contribution in [3.63, 3.8) is 0 Å². The Morgan fingerprint density at radius 2 is 1.71 bits per heavy atom. The average molecular weight is 454 g/mol. The molecule has 0 N–H and O–H groups in total. The minimum atomic E-state index is -3.93.